The summed E-state index contributed by atoms with van der Waals surface area (Å²) in [7, 11) is -2.38. The Kier molecular flexibility index (Phi) is 7.93. The Balaban J connectivity index is 1.75. The van der Waals surface area contributed by atoms with E-state index >= 15 is 0 Å². The molecule has 1 heterocycles. The highest BCUT2D eigenvalue weighted by molar-refractivity contribution is 7.70. The first-order valence-corrected chi connectivity index (χ1v) is 13.6. The number of aliphatic imine (C=N–C) groups is 1. The van der Waals surface area contributed by atoms with E-state index in [9.17, 15) is 17.7 Å². The van der Waals surface area contributed by atoms with Crippen LogP contribution in [0.5, 0.6) is 0 Å². The molecule has 3 rings (SSSR count). The normalized spacial score (nSPS) is 14.3. The molecular formula is C25H30F3N4OP. The van der Waals surface area contributed by atoms with Gasteiger partial charge in [-0.1, -0.05) is 24.3 Å². The van der Waals surface area contributed by atoms with Gasteiger partial charge in [0.2, 0.25) is 0 Å². The van der Waals surface area contributed by atoms with Crippen molar-refractivity contribution in [1.29, 1.82) is 0 Å². The van der Waals surface area contributed by atoms with E-state index < -0.39 is 25.1 Å². The average molecular weight is 491 g/mol. The van der Waals surface area contributed by atoms with Gasteiger partial charge in [-0.2, -0.15) is 13.2 Å². The number of hydrogen-bond donors (Lipinski definition) is 3. The molecule has 9 heteroatoms. The number of hydrogen-bond acceptors (Lipinski definition) is 3. The fourth-order valence-electron chi connectivity index (χ4n) is 3.68. The van der Waals surface area contributed by atoms with Gasteiger partial charge in [0.05, 0.1) is 5.57 Å². The zero-order chi connectivity index (χ0) is 24.9. The van der Waals surface area contributed by atoms with Gasteiger partial charge < -0.3 is 20.2 Å². The molecule has 0 aliphatic heterocycles. The number of fused-ring (bicyclic) bond motifs is 1. The largest absolute Gasteiger partial charge is 0.419 e. The standard InChI is InChI=1S/C25H30F3N4OP/c1-5-22(25(26,27)28)24(29-15-14-18-16-30-23-9-7-6-8-21(18)23)32-17(2)31-19-10-12-20(13-11-19)34(3,4)33/h5-13,16-17,30-31H,14-15H2,1-4H3,(H,29,32)/b22-5+. The van der Waals surface area contributed by atoms with Crippen molar-refractivity contribution in [2.75, 3.05) is 25.2 Å². The summed E-state index contributed by atoms with van der Waals surface area (Å²) < 4.78 is 53.2. The monoisotopic (exact) mass is 490 g/mol. The molecule has 3 N–H and O–H groups in total. The maximum absolute atomic E-state index is 13.7. The first kappa shape index (κ1) is 25.6. The third-order valence-corrected chi connectivity index (χ3v) is 6.94. The van der Waals surface area contributed by atoms with Gasteiger partial charge in [-0.05, 0) is 69.5 Å². The molecule has 1 aromatic heterocycles. The molecule has 0 saturated heterocycles. The van der Waals surface area contributed by atoms with Crippen LogP contribution in [0.3, 0.4) is 0 Å². The Morgan fingerprint density at radius 3 is 2.44 bits per heavy atom. The number of allylic oxidation sites excluding steroid dienone is 1. The van der Waals surface area contributed by atoms with Crippen LogP contribution in [0.1, 0.15) is 19.4 Å². The van der Waals surface area contributed by atoms with E-state index in [0.717, 1.165) is 27.8 Å². The van der Waals surface area contributed by atoms with Crippen LogP contribution >= 0.6 is 7.14 Å². The number of rotatable bonds is 8. The minimum absolute atomic E-state index is 0.210. The fourth-order valence-corrected chi connectivity index (χ4v) is 4.55. The molecule has 0 saturated carbocycles. The van der Waals surface area contributed by atoms with E-state index in [1.165, 1.54) is 6.92 Å². The number of aromatic nitrogens is 1. The number of benzene rings is 2. The Hall–Kier alpha value is -2.99. The molecule has 3 aromatic rings. The van der Waals surface area contributed by atoms with Crippen LogP contribution in [-0.4, -0.2) is 43.0 Å². The number of anilines is 1. The van der Waals surface area contributed by atoms with E-state index in [1.807, 2.05) is 30.5 Å². The average Bonchev–Trinajstić information content (AvgIpc) is 3.16. The lowest BCUT2D eigenvalue weighted by atomic mass is 10.1. The van der Waals surface area contributed by atoms with Crippen molar-refractivity contribution < 1.29 is 17.7 Å². The predicted molar refractivity (Wildman–Crippen MR) is 136 cm³/mol. The lowest BCUT2D eigenvalue weighted by Gasteiger charge is -2.19. The SMILES string of the molecule is C/C=C(\C(=N/C(C)Nc1ccc(P(C)(C)=O)cc1)NCCc1c[nH]c2ccccc12)C(F)(F)F. The third-order valence-electron chi connectivity index (χ3n) is 5.40. The number of nitrogens with zero attached hydrogens (tertiary/aromatic N) is 1. The van der Waals surface area contributed by atoms with E-state index in [-0.39, 0.29) is 12.4 Å². The zero-order valence-corrected chi connectivity index (χ0v) is 20.6. The van der Waals surface area contributed by atoms with E-state index in [4.69, 9.17) is 0 Å². The maximum Gasteiger partial charge on any atom is 0.419 e. The molecule has 0 bridgehead atoms. The van der Waals surface area contributed by atoms with Crippen molar-refractivity contribution in [1.82, 2.24) is 10.3 Å². The number of para-hydroxylation sites is 1. The topological polar surface area (TPSA) is 69.3 Å². The molecule has 34 heavy (non-hydrogen) atoms. The maximum atomic E-state index is 13.7. The summed E-state index contributed by atoms with van der Waals surface area (Å²) in [5.41, 5.74) is 1.88. The molecule has 0 aliphatic rings. The molecule has 5 nitrogen and oxygen atoms in total. The first-order valence-electron chi connectivity index (χ1n) is 11.0. The molecule has 0 fully saturated rings. The number of alkyl halides is 3. The number of amidine groups is 1. The van der Waals surface area contributed by atoms with E-state index in [0.29, 0.717) is 12.1 Å². The second-order valence-electron chi connectivity index (χ2n) is 8.43. The van der Waals surface area contributed by atoms with Gasteiger partial charge in [-0.3, -0.25) is 0 Å². The number of H-pyrrole nitrogens is 1. The van der Waals surface area contributed by atoms with Crippen LogP contribution in [0.15, 0.2) is 71.4 Å². The number of halogens is 3. The summed E-state index contributed by atoms with van der Waals surface area (Å²) in [6.45, 7) is 6.70. The van der Waals surface area contributed by atoms with Crippen LogP contribution in [0.4, 0.5) is 18.9 Å². The van der Waals surface area contributed by atoms with Crippen molar-refractivity contribution in [3.05, 3.63) is 71.9 Å². The van der Waals surface area contributed by atoms with Gasteiger partial charge >= 0.3 is 6.18 Å². The predicted octanol–water partition coefficient (Wildman–Crippen LogP) is 5.91. The summed E-state index contributed by atoms with van der Waals surface area (Å²) in [6, 6.07) is 14.8. The second-order valence-corrected chi connectivity index (χ2v) is 11.7. The van der Waals surface area contributed by atoms with Gasteiger partial charge in [0, 0.05) is 34.6 Å². The Bertz CT molecular complexity index is 1220. The Morgan fingerprint density at radius 2 is 1.82 bits per heavy atom. The molecular weight excluding hydrogens is 460 g/mol. The Morgan fingerprint density at radius 1 is 1.15 bits per heavy atom. The molecule has 1 unspecified atom stereocenters. The fraction of sp³-hybridized carbons (Fsp3) is 0.320. The molecule has 0 radical (unpaired) electrons. The van der Waals surface area contributed by atoms with Crippen LogP contribution in [-0.2, 0) is 11.0 Å². The Labute approximate surface area is 197 Å². The van der Waals surface area contributed by atoms with E-state index in [2.05, 4.69) is 20.6 Å². The van der Waals surface area contributed by atoms with Gasteiger partial charge in [0.25, 0.3) is 0 Å². The van der Waals surface area contributed by atoms with Crippen LogP contribution in [0.2, 0.25) is 0 Å². The quantitative estimate of drug-likeness (QED) is 0.209. The van der Waals surface area contributed by atoms with Crippen LogP contribution in [0, 0.1) is 0 Å². The van der Waals surface area contributed by atoms with Gasteiger partial charge in [-0.15, -0.1) is 0 Å². The second kappa shape index (κ2) is 10.5. The summed E-state index contributed by atoms with van der Waals surface area (Å²) in [5, 5.41) is 7.78. The minimum Gasteiger partial charge on any atom is -0.369 e. The van der Waals surface area contributed by atoms with Crippen molar-refractivity contribution in [2.24, 2.45) is 4.99 Å². The summed E-state index contributed by atoms with van der Waals surface area (Å²) >= 11 is 0. The third kappa shape index (κ3) is 6.54. The number of aromatic amines is 1. The first-order chi connectivity index (χ1) is 16.0. The van der Waals surface area contributed by atoms with Crippen molar-refractivity contribution in [3.63, 3.8) is 0 Å². The lowest BCUT2D eigenvalue weighted by molar-refractivity contribution is -0.0864. The van der Waals surface area contributed by atoms with E-state index in [1.54, 1.807) is 44.5 Å². The highest BCUT2D eigenvalue weighted by Gasteiger charge is 2.36. The van der Waals surface area contributed by atoms with Gasteiger partial charge in [0.1, 0.15) is 19.1 Å². The molecule has 0 aliphatic carbocycles. The van der Waals surface area contributed by atoms with Gasteiger partial charge in [-0.25, -0.2) is 4.99 Å². The molecule has 1 atom stereocenters. The molecule has 2 aromatic carbocycles. The van der Waals surface area contributed by atoms with Crippen LogP contribution in [0.25, 0.3) is 10.9 Å². The van der Waals surface area contributed by atoms with Gasteiger partial charge in [0.15, 0.2) is 0 Å². The summed E-state index contributed by atoms with van der Waals surface area (Å²) in [4.78, 5) is 7.49. The molecule has 182 valence electrons. The zero-order valence-electron chi connectivity index (χ0n) is 19.7. The highest BCUT2D eigenvalue weighted by Crippen LogP contribution is 2.34. The van der Waals surface area contributed by atoms with Crippen molar-refractivity contribution in [2.45, 2.75) is 32.6 Å². The molecule has 0 amide bonds. The minimum atomic E-state index is -4.54. The summed E-state index contributed by atoms with van der Waals surface area (Å²) in [6.07, 6.45) is -1.72. The smallest absolute Gasteiger partial charge is 0.369 e. The van der Waals surface area contributed by atoms with Crippen molar-refractivity contribution >= 4 is 34.9 Å². The van der Waals surface area contributed by atoms with Crippen LogP contribution < -0.4 is 15.9 Å². The molecule has 0 spiro atoms. The highest BCUT2D eigenvalue weighted by atomic mass is 31.2. The number of nitrogens with one attached hydrogen (secondary N) is 3. The summed E-state index contributed by atoms with van der Waals surface area (Å²) in [5.74, 6) is -0.210. The lowest BCUT2D eigenvalue weighted by Crippen LogP contribution is -2.35. The van der Waals surface area contributed by atoms with Crippen molar-refractivity contribution in [3.8, 4) is 0 Å².